The highest BCUT2D eigenvalue weighted by Crippen LogP contribution is 2.22. The lowest BCUT2D eigenvalue weighted by molar-refractivity contribution is 0.485. The zero-order valence-electron chi connectivity index (χ0n) is 8.46. The van der Waals surface area contributed by atoms with Crippen LogP contribution < -0.4 is 5.56 Å². The van der Waals surface area contributed by atoms with E-state index in [-0.39, 0.29) is 5.56 Å². The van der Waals surface area contributed by atoms with Gasteiger partial charge in [0.25, 0.3) is 5.56 Å². The van der Waals surface area contributed by atoms with Crippen LogP contribution >= 0.6 is 11.8 Å². The second-order valence-electron chi connectivity index (χ2n) is 3.85. The second-order valence-corrected chi connectivity index (χ2v) is 4.64. The first-order chi connectivity index (χ1) is 6.70. The number of aryl methyl sites for hydroxylation is 1. The Bertz CT molecular complexity index is 400. The molecule has 1 aromatic rings. The number of nitrogens with zero attached hydrogens (tertiary/aromatic N) is 1. The van der Waals surface area contributed by atoms with Gasteiger partial charge >= 0.3 is 0 Å². The number of thioether (sulfide) groups is 1. The Morgan fingerprint density at radius 1 is 1.57 bits per heavy atom. The monoisotopic (exact) mass is 210 g/mol. The highest BCUT2D eigenvalue weighted by molar-refractivity contribution is 7.98. The number of aromatic nitrogens is 2. The molecule has 0 spiro atoms. The predicted molar refractivity (Wildman–Crippen MR) is 57.8 cm³/mol. The molecule has 0 bridgehead atoms. The van der Waals surface area contributed by atoms with Crippen molar-refractivity contribution in [2.75, 3.05) is 6.26 Å². The van der Waals surface area contributed by atoms with E-state index in [1.807, 2.05) is 6.26 Å². The van der Waals surface area contributed by atoms with Crippen molar-refractivity contribution in [2.24, 2.45) is 5.92 Å². The molecular formula is C10H14N2OS. The molecule has 1 unspecified atom stereocenters. The molecule has 1 aromatic heterocycles. The number of nitrogens with one attached hydrogen (secondary N) is 1. The quantitative estimate of drug-likeness (QED) is 0.566. The van der Waals surface area contributed by atoms with E-state index in [1.165, 1.54) is 11.8 Å². The van der Waals surface area contributed by atoms with Crippen molar-refractivity contribution in [3.8, 4) is 0 Å². The highest BCUT2D eigenvalue weighted by Gasteiger charge is 2.19. The summed E-state index contributed by atoms with van der Waals surface area (Å²) in [5, 5.41) is 0.739. The van der Waals surface area contributed by atoms with Crippen molar-refractivity contribution in [2.45, 2.75) is 31.3 Å². The molecule has 1 heterocycles. The van der Waals surface area contributed by atoms with Gasteiger partial charge in [0, 0.05) is 5.56 Å². The normalized spacial score (nSPS) is 20.6. The first-order valence-electron chi connectivity index (χ1n) is 4.86. The van der Waals surface area contributed by atoms with Gasteiger partial charge in [-0.15, -0.1) is 0 Å². The average molecular weight is 210 g/mol. The fourth-order valence-corrected chi connectivity index (χ4v) is 2.27. The van der Waals surface area contributed by atoms with Gasteiger partial charge in [-0.25, -0.2) is 4.98 Å². The lowest BCUT2D eigenvalue weighted by atomic mass is 9.89. The van der Waals surface area contributed by atoms with Crippen LogP contribution in [-0.2, 0) is 12.8 Å². The van der Waals surface area contributed by atoms with Gasteiger partial charge < -0.3 is 4.98 Å². The van der Waals surface area contributed by atoms with E-state index in [1.54, 1.807) is 0 Å². The molecule has 0 aromatic carbocycles. The summed E-state index contributed by atoms with van der Waals surface area (Å²) < 4.78 is 0. The van der Waals surface area contributed by atoms with Crippen LogP contribution in [0.1, 0.15) is 24.6 Å². The molecule has 1 atom stereocenters. The summed E-state index contributed by atoms with van der Waals surface area (Å²) in [6.45, 7) is 2.19. The molecule has 1 aliphatic carbocycles. The van der Waals surface area contributed by atoms with E-state index in [0.29, 0.717) is 5.92 Å². The lowest BCUT2D eigenvalue weighted by Crippen LogP contribution is -2.24. The summed E-state index contributed by atoms with van der Waals surface area (Å²) in [6.07, 6.45) is 4.91. The molecule has 0 fully saturated rings. The number of aromatic amines is 1. The van der Waals surface area contributed by atoms with Crippen molar-refractivity contribution < 1.29 is 0 Å². The second kappa shape index (κ2) is 3.77. The van der Waals surface area contributed by atoms with Gasteiger partial charge in [0.15, 0.2) is 5.16 Å². The zero-order valence-corrected chi connectivity index (χ0v) is 9.28. The lowest BCUT2D eigenvalue weighted by Gasteiger charge is -2.19. The van der Waals surface area contributed by atoms with Crippen molar-refractivity contribution in [3.63, 3.8) is 0 Å². The minimum absolute atomic E-state index is 0.0610. The topological polar surface area (TPSA) is 45.8 Å². The summed E-state index contributed by atoms with van der Waals surface area (Å²) in [4.78, 5) is 18.9. The standard InChI is InChI=1S/C10H14N2OS/c1-6-3-4-8-7(5-6)9(13)12-10(11-8)14-2/h6H,3-5H2,1-2H3,(H,11,12,13). The Balaban J connectivity index is 2.48. The van der Waals surface area contributed by atoms with Gasteiger partial charge in [-0.1, -0.05) is 18.7 Å². The molecule has 1 aliphatic rings. The van der Waals surface area contributed by atoms with E-state index in [0.717, 1.165) is 35.7 Å². The number of hydrogen-bond acceptors (Lipinski definition) is 3. The zero-order chi connectivity index (χ0) is 10.1. The molecular weight excluding hydrogens is 196 g/mol. The SMILES string of the molecule is CSc1nc2c(c(=O)[nH]1)CC(C)CC2. The van der Waals surface area contributed by atoms with Gasteiger partial charge in [-0.3, -0.25) is 4.79 Å². The Labute approximate surface area is 87.3 Å². The highest BCUT2D eigenvalue weighted by atomic mass is 32.2. The van der Waals surface area contributed by atoms with Crippen molar-refractivity contribution >= 4 is 11.8 Å². The summed E-state index contributed by atoms with van der Waals surface area (Å²) in [6, 6.07) is 0. The minimum atomic E-state index is 0.0610. The van der Waals surface area contributed by atoms with Crippen LogP contribution in [0.5, 0.6) is 0 Å². The maximum atomic E-state index is 11.7. The van der Waals surface area contributed by atoms with E-state index in [9.17, 15) is 4.79 Å². The van der Waals surface area contributed by atoms with Gasteiger partial charge in [-0.2, -0.15) is 0 Å². The molecule has 0 saturated carbocycles. The van der Waals surface area contributed by atoms with E-state index >= 15 is 0 Å². The fourth-order valence-electron chi connectivity index (χ4n) is 1.87. The number of rotatable bonds is 1. The molecule has 0 saturated heterocycles. The van der Waals surface area contributed by atoms with Gasteiger partial charge in [0.05, 0.1) is 5.69 Å². The molecule has 0 radical (unpaired) electrons. The summed E-state index contributed by atoms with van der Waals surface area (Å²) in [5.41, 5.74) is 1.98. The van der Waals surface area contributed by atoms with Crippen LogP contribution in [0.25, 0.3) is 0 Å². The van der Waals surface area contributed by atoms with Crippen LogP contribution in [0.3, 0.4) is 0 Å². The largest absolute Gasteiger partial charge is 0.301 e. The molecule has 0 aliphatic heterocycles. The maximum Gasteiger partial charge on any atom is 0.254 e. The molecule has 0 amide bonds. The molecule has 1 N–H and O–H groups in total. The molecule has 76 valence electrons. The van der Waals surface area contributed by atoms with E-state index in [4.69, 9.17) is 0 Å². The average Bonchev–Trinajstić information content (AvgIpc) is 2.19. The first kappa shape index (κ1) is 9.77. The molecule has 4 heteroatoms. The van der Waals surface area contributed by atoms with Crippen LogP contribution in [0.4, 0.5) is 0 Å². The molecule has 2 rings (SSSR count). The summed E-state index contributed by atoms with van der Waals surface area (Å²) >= 11 is 1.49. The smallest absolute Gasteiger partial charge is 0.254 e. The van der Waals surface area contributed by atoms with Crippen LogP contribution in [-0.4, -0.2) is 16.2 Å². The maximum absolute atomic E-state index is 11.7. The Morgan fingerprint density at radius 2 is 2.36 bits per heavy atom. The number of H-pyrrole nitrogens is 1. The molecule has 14 heavy (non-hydrogen) atoms. The van der Waals surface area contributed by atoms with Gasteiger partial charge in [-0.05, 0) is 31.4 Å². The predicted octanol–water partition coefficient (Wildman–Crippen LogP) is 1.62. The van der Waals surface area contributed by atoms with E-state index in [2.05, 4.69) is 16.9 Å². The molecule has 3 nitrogen and oxygen atoms in total. The Hall–Kier alpha value is -0.770. The van der Waals surface area contributed by atoms with Crippen LogP contribution in [0.15, 0.2) is 9.95 Å². The van der Waals surface area contributed by atoms with Crippen molar-refractivity contribution in [1.29, 1.82) is 0 Å². The van der Waals surface area contributed by atoms with Gasteiger partial charge in [0.2, 0.25) is 0 Å². The van der Waals surface area contributed by atoms with Crippen molar-refractivity contribution in [3.05, 3.63) is 21.6 Å². The number of fused-ring (bicyclic) bond motifs is 1. The van der Waals surface area contributed by atoms with Gasteiger partial charge in [0.1, 0.15) is 0 Å². The Kier molecular flexibility index (Phi) is 2.63. The summed E-state index contributed by atoms with van der Waals surface area (Å²) in [7, 11) is 0. The van der Waals surface area contributed by atoms with Crippen molar-refractivity contribution in [1.82, 2.24) is 9.97 Å². The first-order valence-corrected chi connectivity index (χ1v) is 6.09. The van der Waals surface area contributed by atoms with Crippen LogP contribution in [0, 0.1) is 5.92 Å². The summed E-state index contributed by atoms with van der Waals surface area (Å²) in [5.74, 6) is 0.616. The fraction of sp³-hybridized carbons (Fsp3) is 0.600. The number of hydrogen-bond donors (Lipinski definition) is 1. The minimum Gasteiger partial charge on any atom is -0.301 e. The third kappa shape index (κ3) is 1.71. The van der Waals surface area contributed by atoms with Crippen LogP contribution in [0.2, 0.25) is 0 Å². The third-order valence-corrected chi connectivity index (χ3v) is 3.28. The van der Waals surface area contributed by atoms with E-state index < -0.39 is 0 Å². The third-order valence-electron chi connectivity index (χ3n) is 2.70. The Morgan fingerprint density at radius 3 is 3.07 bits per heavy atom.